The van der Waals surface area contributed by atoms with Crippen LogP contribution in [0.4, 0.5) is 0 Å². The fourth-order valence-corrected chi connectivity index (χ4v) is 3.66. The van der Waals surface area contributed by atoms with Crippen LogP contribution in [0.2, 0.25) is 0 Å². The van der Waals surface area contributed by atoms with Crippen LogP contribution in [0.3, 0.4) is 0 Å². The van der Waals surface area contributed by atoms with Crippen molar-refractivity contribution in [2.45, 2.75) is 18.9 Å². The van der Waals surface area contributed by atoms with Gasteiger partial charge in [0.25, 0.3) is 5.91 Å². The lowest BCUT2D eigenvalue weighted by Crippen LogP contribution is -2.57. The van der Waals surface area contributed by atoms with Gasteiger partial charge < -0.3 is 14.8 Å². The topological polar surface area (TPSA) is 50.2 Å². The molecular formula is C16H22Cl2N4O. The standard InChI is InChI=1S/C16H20N4O.2ClH/c1-19-5-2-12-8-13(17-9-15(12)19)16(21)18-14-10-20-6-3-11(14)4-7-20;;/h2,5,8-9,11,14H,3-4,6-7,10H2,1H3,(H,18,21);2*1H/t14-;;/m0../s1. The molecule has 5 heterocycles. The summed E-state index contributed by atoms with van der Waals surface area (Å²) in [6.45, 7) is 3.36. The number of carbonyl (C=O) groups excluding carboxylic acids is 1. The summed E-state index contributed by atoms with van der Waals surface area (Å²) in [5, 5.41) is 4.25. The van der Waals surface area contributed by atoms with Gasteiger partial charge in [0, 0.05) is 31.2 Å². The fourth-order valence-electron chi connectivity index (χ4n) is 3.66. The summed E-state index contributed by atoms with van der Waals surface area (Å²) in [5.41, 5.74) is 1.57. The lowest BCUT2D eigenvalue weighted by atomic mass is 9.84. The molecular weight excluding hydrogens is 335 g/mol. The molecule has 3 fully saturated rings. The van der Waals surface area contributed by atoms with Gasteiger partial charge in [0.2, 0.25) is 0 Å². The van der Waals surface area contributed by atoms with Crippen LogP contribution in [0.5, 0.6) is 0 Å². The molecule has 3 saturated heterocycles. The Morgan fingerprint density at radius 1 is 1.30 bits per heavy atom. The SMILES string of the molecule is Cl.Cl.Cn1ccc2cc(C(=O)N[C@H]3CN4CCC3CC4)ncc21. The van der Waals surface area contributed by atoms with Crippen molar-refractivity contribution in [3.05, 3.63) is 30.2 Å². The minimum Gasteiger partial charge on any atom is -0.349 e. The third kappa shape index (κ3) is 3.32. The molecule has 1 atom stereocenters. The number of hydrogen-bond donors (Lipinski definition) is 1. The number of fused-ring (bicyclic) bond motifs is 4. The van der Waals surface area contributed by atoms with Gasteiger partial charge in [-0.2, -0.15) is 0 Å². The monoisotopic (exact) mass is 356 g/mol. The number of aromatic nitrogens is 2. The van der Waals surface area contributed by atoms with Crippen LogP contribution in [0.25, 0.3) is 10.9 Å². The number of nitrogens with one attached hydrogen (secondary N) is 1. The Labute approximate surface area is 148 Å². The summed E-state index contributed by atoms with van der Waals surface area (Å²) >= 11 is 0. The Bertz CT molecular complexity index is 694. The summed E-state index contributed by atoms with van der Waals surface area (Å²) in [7, 11) is 1.98. The molecule has 23 heavy (non-hydrogen) atoms. The van der Waals surface area contributed by atoms with Crippen molar-refractivity contribution in [1.29, 1.82) is 0 Å². The predicted molar refractivity (Wildman–Crippen MR) is 95.6 cm³/mol. The highest BCUT2D eigenvalue weighted by molar-refractivity contribution is 5.96. The highest BCUT2D eigenvalue weighted by atomic mass is 35.5. The van der Waals surface area contributed by atoms with E-state index in [0.29, 0.717) is 11.6 Å². The van der Waals surface area contributed by atoms with E-state index >= 15 is 0 Å². The van der Waals surface area contributed by atoms with Crippen LogP contribution in [0.15, 0.2) is 24.5 Å². The van der Waals surface area contributed by atoms with Crippen LogP contribution in [0.1, 0.15) is 23.3 Å². The Morgan fingerprint density at radius 2 is 2.04 bits per heavy atom. The molecule has 1 amide bonds. The maximum Gasteiger partial charge on any atom is 0.270 e. The van der Waals surface area contributed by atoms with Crippen molar-refractivity contribution in [2.75, 3.05) is 19.6 Å². The molecule has 2 aromatic heterocycles. The molecule has 0 radical (unpaired) electrons. The van der Waals surface area contributed by atoms with E-state index in [2.05, 4.69) is 15.2 Å². The summed E-state index contributed by atoms with van der Waals surface area (Å²) < 4.78 is 2.01. The quantitative estimate of drug-likeness (QED) is 0.897. The molecule has 7 heteroatoms. The Morgan fingerprint density at radius 3 is 2.70 bits per heavy atom. The minimum atomic E-state index is -0.0421. The van der Waals surface area contributed by atoms with E-state index < -0.39 is 0 Å². The molecule has 3 aliphatic rings. The predicted octanol–water partition coefficient (Wildman–Crippen LogP) is 2.24. The second kappa shape index (κ2) is 7.07. The Kier molecular flexibility index (Phi) is 5.55. The first-order valence-electron chi connectivity index (χ1n) is 7.65. The normalized spacial score (nSPS) is 25.5. The molecule has 2 bridgehead atoms. The van der Waals surface area contributed by atoms with E-state index in [0.717, 1.165) is 17.4 Å². The zero-order valence-electron chi connectivity index (χ0n) is 13.1. The van der Waals surface area contributed by atoms with Gasteiger partial charge in [-0.1, -0.05) is 0 Å². The van der Waals surface area contributed by atoms with Gasteiger partial charge in [-0.3, -0.25) is 4.79 Å². The number of pyridine rings is 1. The molecule has 3 aliphatic heterocycles. The first-order chi connectivity index (χ1) is 10.2. The number of hydrogen-bond acceptors (Lipinski definition) is 3. The molecule has 5 nitrogen and oxygen atoms in total. The molecule has 5 rings (SSSR count). The second-order valence-electron chi connectivity index (χ2n) is 6.27. The van der Waals surface area contributed by atoms with E-state index in [4.69, 9.17) is 0 Å². The fraction of sp³-hybridized carbons (Fsp3) is 0.500. The van der Waals surface area contributed by atoms with Gasteiger partial charge >= 0.3 is 0 Å². The maximum absolute atomic E-state index is 12.4. The third-order valence-corrected chi connectivity index (χ3v) is 4.98. The van der Waals surface area contributed by atoms with Gasteiger partial charge in [0.1, 0.15) is 5.69 Å². The molecule has 0 spiro atoms. The van der Waals surface area contributed by atoms with Crippen molar-refractivity contribution in [3.63, 3.8) is 0 Å². The summed E-state index contributed by atoms with van der Waals surface area (Å²) in [6, 6.07) is 4.18. The van der Waals surface area contributed by atoms with Crippen molar-refractivity contribution in [3.8, 4) is 0 Å². The molecule has 2 aromatic rings. The molecule has 0 saturated carbocycles. The van der Waals surface area contributed by atoms with E-state index in [1.807, 2.05) is 29.9 Å². The molecule has 0 aromatic carbocycles. The number of carbonyl (C=O) groups is 1. The van der Waals surface area contributed by atoms with Crippen molar-refractivity contribution in [1.82, 2.24) is 19.8 Å². The maximum atomic E-state index is 12.4. The number of amides is 1. The van der Waals surface area contributed by atoms with Crippen molar-refractivity contribution in [2.24, 2.45) is 13.0 Å². The second-order valence-corrected chi connectivity index (χ2v) is 6.27. The molecule has 0 aliphatic carbocycles. The average molecular weight is 357 g/mol. The summed E-state index contributed by atoms with van der Waals surface area (Å²) in [4.78, 5) is 19.2. The number of rotatable bonds is 2. The van der Waals surface area contributed by atoms with Gasteiger partial charge in [0.05, 0.1) is 11.7 Å². The van der Waals surface area contributed by atoms with E-state index in [9.17, 15) is 4.79 Å². The first-order valence-corrected chi connectivity index (χ1v) is 7.65. The first kappa shape index (κ1) is 18.0. The van der Waals surface area contributed by atoms with Crippen LogP contribution in [0, 0.1) is 5.92 Å². The smallest absolute Gasteiger partial charge is 0.270 e. The van der Waals surface area contributed by atoms with Crippen molar-refractivity contribution < 1.29 is 4.79 Å². The number of nitrogens with zero attached hydrogens (tertiary/aromatic N) is 3. The Balaban J connectivity index is 0.000000960. The van der Waals surface area contributed by atoms with Gasteiger partial charge in [-0.25, -0.2) is 4.98 Å². The number of piperidine rings is 3. The van der Waals surface area contributed by atoms with Crippen LogP contribution in [-0.2, 0) is 7.05 Å². The summed E-state index contributed by atoms with van der Waals surface area (Å²) in [5.74, 6) is 0.596. The lowest BCUT2D eigenvalue weighted by molar-refractivity contribution is 0.0618. The summed E-state index contributed by atoms with van der Waals surface area (Å²) in [6.07, 6.45) is 6.17. The van der Waals surface area contributed by atoms with E-state index in [1.54, 1.807) is 6.20 Å². The third-order valence-electron chi connectivity index (χ3n) is 4.98. The van der Waals surface area contributed by atoms with E-state index in [-0.39, 0.29) is 36.8 Å². The van der Waals surface area contributed by atoms with Crippen LogP contribution in [-0.4, -0.2) is 46.0 Å². The van der Waals surface area contributed by atoms with Crippen LogP contribution >= 0.6 is 24.8 Å². The minimum absolute atomic E-state index is 0. The highest BCUT2D eigenvalue weighted by Crippen LogP contribution is 2.27. The Hall–Kier alpha value is -1.30. The lowest BCUT2D eigenvalue weighted by Gasteiger charge is -2.44. The van der Waals surface area contributed by atoms with Crippen molar-refractivity contribution >= 4 is 41.6 Å². The number of halogens is 2. The zero-order valence-corrected chi connectivity index (χ0v) is 14.7. The average Bonchev–Trinajstić information content (AvgIpc) is 2.89. The zero-order chi connectivity index (χ0) is 14.4. The van der Waals surface area contributed by atoms with Gasteiger partial charge in [-0.15, -0.1) is 24.8 Å². The van der Waals surface area contributed by atoms with Gasteiger partial charge in [0.15, 0.2) is 0 Å². The van der Waals surface area contributed by atoms with Crippen LogP contribution < -0.4 is 5.32 Å². The molecule has 0 unspecified atom stereocenters. The number of aryl methyl sites for hydroxylation is 1. The molecule has 126 valence electrons. The molecule has 1 N–H and O–H groups in total. The largest absolute Gasteiger partial charge is 0.349 e. The van der Waals surface area contributed by atoms with Gasteiger partial charge in [-0.05, 0) is 44.0 Å². The highest BCUT2D eigenvalue weighted by Gasteiger charge is 2.35. The van der Waals surface area contributed by atoms with E-state index in [1.165, 1.54) is 25.9 Å².